The molecule has 6 heteroatoms. The van der Waals surface area contributed by atoms with E-state index in [1.165, 1.54) is 7.11 Å². The molecule has 1 aromatic heterocycles. The predicted molar refractivity (Wildman–Crippen MR) is 92.9 cm³/mol. The van der Waals surface area contributed by atoms with E-state index in [0.29, 0.717) is 17.1 Å². The number of amides is 1. The van der Waals surface area contributed by atoms with Crippen molar-refractivity contribution in [1.82, 2.24) is 10.4 Å². The number of rotatable bonds is 5. The number of fused-ring (bicyclic) bond motifs is 1. The van der Waals surface area contributed by atoms with Crippen LogP contribution in [-0.2, 0) is 0 Å². The third kappa shape index (κ3) is 3.08. The fourth-order valence-corrected chi connectivity index (χ4v) is 2.40. The summed E-state index contributed by atoms with van der Waals surface area (Å²) in [6, 6.07) is 12.8. The highest BCUT2D eigenvalue weighted by Gasteiger charge is 2.10. The van der Waals surface area contributed by atoms with E-state index in [2.05, 4.69) is 15.5 Å². The van der Waals surface area contributed by atoms with Crippen LogP contribution in [0.1, 0.15) is 15.9 Å². The van der Waals surface area contributed by atoms with Crippen LogP contribution in [0.3, 0.4) is 0 Å². The highest BCUT2D eigenvalue weighted by molar-refractivity contribution is 6.00. The first-order chi connectivity index (χ1) is 11.7. The lowest BCUT2D eigenvalue weighted by Crippen LogP contribution is -2.17. The first-order valence-corrected chi connectivity index (χ1v) is 7.34. The molecule has 2 N–H and O–H groups in total. The molecule has 3 aromatic rings. The SMILES string of the molecule is COc1ccc(C(=O)N/N=C/c2c[nH]c3ccccc23)cc1OC. The van der Waals surface area contributed by atoms with Gasteiger partial charge in [0.15, 0.2) is 11.5 Å². The molecule has 0 atom stereocenters. The predicted octanol–water partition coefficient (Wildman–Crippen LogP) is 2.95. The van der Waals surface area contributed by atoms with Gasteiger partial charge in [-0.05, 0) is 24.3 Å². The number of benzene rings is 2. The molecule has 0 aliphatic heterocycles. The van der Waals surface area contributed by atoms with Crippen LogP contribution < -0.4 is 14.9 Å². The van der Waals surface area contributed by atoms with Gasteiger partial charge < -0.3 is 14.5 Å². The topological polar surface area (TPSA) is 75.7 Å². The molecule has 1 amide bonds. The van der Waals surface area contributed by atoms with Crippen molar-refractivity contribution < 1.29 is 14.3 Å². The highest BCUT2D eigenvalue weighted by atomic mass is 16.5. The summed E-state index contributed by atoms with van der Waals surface area (Å²) in [4.78, 5) is 15.3. The number of ether oxygens (including phenoxy) is 2. The van der Waals surface area contributed by atoms with Crippen LogP contribution in [-0.4, -0.2) is 31.3 Å². The van der Waals surface area contributed by atoms with Gasteiger partial charge >= 0.3 is 0 Å². The minimum absolute atomic E-state index is 0.327. The van der Waals surface area contributed by atoms with E-state index in [1.54, 1.807) is 31.5 Å². The van der Waals surface area contributed by atoms with Gasteiger partial charge in [-0.3, -0.25) is 4.79 Å². The van der Waals surface area contributed by atoms with Crippen LogP contribution in [0.25, 0.3) is 10.9 Å². The molecule has 0 aliphatic rings. The lowest BCUT2D eigenvalue weighted by atomic mass is 10.2. The Labute approximate surface area is 139 Å². The smallest absolute Gasteiger partial charge is 0.271 e. The van der Waals surface area contributed by atoms with Crippen LogP contribution in [0.2, 0.25) is 0 Å². The first-order valence-electron chi connectivity index (χ1n) is 7.34. The molecule has 0 bridgehead atoms. The van der Waals surface area contributed by atoms with E-state index in [4.69, 9.17) is 9.47 Å². The molecule has 6 nitrogen and oxygen atoms in total. The van der Waals surface area contributed by atoms with Gasteiger partial charge in [-0.2, -0.15) is 5.10 Å². The molecule has 122 valence electrons. The monoisotopic (exact) mass is 323 g/mol. The van der Waals surface area contributed by atoms with Crippen LogP contribution in [0, 0.1) is 0 Å². The molecule has 0 unspecified atom stereocenters. The lowest BCUT2D eigenvalue weighted by molar-refractivity contribution is 0.0954. The van der Waals surface area contributed by atoms with Crippen LogP contribution in [0.4, 0.5) is 0 Å². The summed E-state index contributed by atoms with van der Waals surface area (Å²) >= 11 is 0. The number of nitrogens with one attached hydrogen (secondary N) is 2. The lowest BCUT2D eigenvalue weighted by Gasteiger charge is -2.08. The van der Waals surface area contributed by atoms with Crippen molar-refractivity contribution in [3.05, 3.63) is 59.8 Å². The van der Waals surface area contributed by atoms with E-state index in [1.807, 2.05) is 30.5 Å². The molecule has 3 rings (SSSR count). The van der Waals surface area contributed by atoms with E-state index in [0.717, 1.165) is 16.5 Å². The Balaban J connectivity index is 1.73. The van der Waals surface area contributed by atoms with Gasteiger partial charge in [0.05, 0.1) is 20.4 Å². The summed E-state index contributed by atoms with van der Waals surface area (Å²) in [5, 5.41) is 5.06. The largest absolute Gasteiger partial charge is 0.493 e. The standard InChI is InChI=1S/C18H17N3O3/c1-23-16-8-7-12(9-17(16)24-2)18(22)21-20-11-13-10-19-15-6-4-3-5-14(13)15/h3-11,19H,1-2H3,(H,21,22)/b20-11+. The average Bonchev–Trinajstić information content (AvgIpc) is 3.04. The van der Waals surface area contributed by atoms with Gasteiger partial charge in [-0.1, -0.05) is 18.2 Å². The van der Waals surface area contributed by atoms with Gasteiger partial charge in [0.2, 0.25) is 0 Å². The Morgan fingerprint density at radius 1 is 1.12 bits per heavy atom. The Hall–Kier alpha value is -3.28. The molecule has 0 fully saturated rings. The maximum Gasteiger partial charge on any atom is 0.271 e. The van der Waals surface area contributed by atoms with Crippen molar-refractivity contribution in [2.45, 2.75) is 0 Å². The van der Waals surface area contributed by atoms with Crippen LogP contribution in [0.15, 0.2) is 53.8 Å². The van der Waals surface area contributed by atoms with E-state index in [-0.39, 0.29) is 5.91 Å². The number of carbonyl (C=O) groups excluding carboxylic acids is 1. The second kappa shape index (κ2) is 6.87. The summed E-state index contributed by atoms with van der Waals surface area (Å²) in [5.41, 5.74) is 4.86. The number of nitrogens with zero attached hydrogens (tertiary/aromatic N) is 1. The molecule has 24 heavy (non-hydrogen) atoms. The summed E-state index contributed by atoms with van der Waals surface area (Å²) < 4.78 is 10.3. The zero-order valence-electron chi connectivity index (χ0n) is 13.4. The number of H-pyrrole nitrogens is 1. The Morgan fingerprint density at radius 2 is 1.92 bits per heavy atom. The average molecular weight is 323 g/mol. The summed E-state index contributed by atoms with van der Waals surface area (Å²) in [6.07, 6.45) is 3.45. The Morgan fingerprint density at radius 3 is 2.71 bits per heavy atom. The Kier molecular flexibility index (Phi) is 4.47. The number of carbonyl (C=O) groups is 1. The Bertz CT molecular complexity index is 899. The van der Waals surface area contributed by atoms with E-state index < -0.39 is 0 Å². The molecular formula is C18H17N3O3. The first kappa shape index (κ1) is 15.6. The normalized spacial score (nSPS) is 10.9. The highest BCUT2D eigenvalue weighted by Crippen LogP contribution is 2.27. The number of methoxy groups -OCH3 is 2. The second-order valence-electron chi connectivity index (χ2n) is 5.06. The number of aromatic amines is 1. The number of para-hydroxylation sites is 1. The molecule has 1 heterocycles. The van der Waals surface area contributed by atoms with Crippen molar-refractivity contribution in [1.29, 1.82) is 0 Å². The number of hydrogen-bond acceptors (Lipinski definition) is 4. The number of aromatic nitrogens is 1. The number of hydrazone groups is 1. The summed E-state index contributed by atoms with van der Waals surface area (Å²) in [7, 11) is 3.07. The summed E-state index contributed by atoms with van der Waals surface area (Å²) in [5.74, 6) is 0.731. The van der Waals surface area contributed by atoms with Gasteiger partial charge in [0.25, 0.3) is 5.91 Å². The van der Waals surface area contributed by atoms with Crippen molar-refractivity contribution in [3.8, 4) is 11.5 Å². The van der Waals surface area contributed by atoms with Gasteiger partial charge in [0, 0.05) is 28.2 Å². The fourth-order valence-electron chi connectivity index (χ4n) is 2.40. The third-order valence-corrected chi connectivity index (χ3v) is 3.64. The van der Waals surface area contributed by atoms with Gasteiger partial charge in [0.1, 0.15) is 0 Å². The van der Waals surface area contributed by atoms with Crippen molar-refractivity contribution in [3.63, 3.8) is 0 Å². The van der Waals surface area contributed by atoms with Crippen molar-refractivity contribution >= 4 is 23.0 Å². The number of hydrogen-bond donors (Lipinski definition) is 2. The van der Waals surface area contributed by atoms with Crippen molar-refractivity contribution in [2.75, 3.05) is 14.2 Å². The molecule has 0 saturated carbocycles. The molecule has 2 aromatic carbocycles. The maximum absolute atomic E-state index is 12.2. The zero-order chi connectivity index (χ0) is 16.9. The quantitative estimate of drug-likeness (QED) is 0.560. The third-order valence-electron chi connectivity index (χ3n) is 3.64. The zero-order valence-corrected chi connectivity index (χ0v) is 13.4. The summed E-state index contributed by atoms with van der Waals surface area (Å²) in [6.45, 7) is 0. The van der Waals surface area contributed by atoms with E-state index >= 15 is 0 Å². The van der Waals surface area contributed by atoms with Crippen LogP contribution >= 0.6 is 0 Å². The van der Waals surface area contributed by atoms with Crippen molar-refractivity contribution in [2.24, 2.45) is 5.10 Å². The minimum atomic E-state index is -0.327. The molecule has 0 radical (unpaired) electrons. The van der Waals surface area contributed by atoms with Gasteiger partial charge in [-0.25, -0.2) is 5.43 Å². The molecule has 0 aliphatic carbocycles. The maximum atomic E-state index is 12.2. The van der Waals surface area contributed by atoms with Gasteiger partial charge in [-0.15, -0.1) is 0 Å². The molecular weight excluding hydrogens is 306 g/mol. The van der Waals surface area contributed by atoms with E-state index in [9.17, 15) is 4.79 Å². The second-order valence-corrected chi connectivity index (χ2v) is 5.06. The fraction of sp³-hybridized carbons (Fsp3) is 0.111. The minimum Gasteiger partial charge on any atom is -0.493 e. The van der Waals surface area contributed by atoms with Crippen LogP contribution in [0.5, 0.6) is 11.5 Å². The molecule has 0 saturated heterocycles. The molecule has 0 spiro atoms.